The topological polar surface area (TPSA) is 89.6 Å². The van der Waals surface area contributed by atoms with Crippen molar-refractivity contribution in [1.82, 2.24) is 0 Å². The summed E-state index contributed by atoms with van der Waals surface area (Å²) in [6.07, 6.45) is 0.830. The number of ether oxygens (including phenoxy) is 1. The summed E-state index contributed by atoms with van der Waals surface area (Å²) < 4.78 is 37.5. The summed E-state index contributed by atoms with van der Waals surface area (Å²) in [6, 6.07) is 8.12. The highest BCUT2D eigenvalue weighted by molar-refractivity contribution is 7.86. The van der Waals surface area contributed by atoms with Crippen molar-refractivity contribution in [3.63, 3.8) is 0 Å². The Kier molecular flexibility index (Phi) is 2.74. The fraction of sp³-hybridized carbons (Fsp3) is 0.231. The molecule has 0 aliphatic carbocycles. The molecule has 3 rings (SSSR count). The second-order valence-electron chi connectivity index (χ2n) is 4.58. The standard InChI is InChI=1S/C13H13NO4S/c14-8-6-10(12-4-5-18-12)9-2-1-3-13(11(9)7-8)19(15,16)17/h1-3,6-7,12H,4-5,14H2,(H,15,16,17). The minimum atomic E-state index is -4.27. The Morgan fingerprint density at radius 1 is 1.26 bits per heavy atom. The van der Waals surface area contributed by atoms with E-state index in [1.165, 1.54) is 6.07 Å². The molecule has 0 spiro atoms. The van der Waals surface area contributed by atoms with Crippen molar-refractivity contribution in [2.24, 2.45) is 0 Å². The molecule has 0 amide bonds. The van der Waals surface area contributed by atoms with Crippen molar-refractivity contribution < 1.29 is 17.7 Å². The van der Waals surface area contributed by atoms with Gasteiger partial charge in [-0.05, 0) is 29.1 Å². The van der Waals surface area contributed by atoms with Crippen LogP contribution in [0.3, 0.4) is 0 Å². The highest BCUT2D eigenvalue weighted by Crippen LogP contribution is 2.37. The monoisotopic (exact) mass is 279 g/mol. The third kappa shape index (κ3) is 2.07. The van der Waals surface area contributed by atoms with Crippen LogP contribution in [0.4, 0.5) is 5.69 Å². The summed E-state index contributed by atoms with van der Waals surface area (Å²) in [5.74, 6) is 0. The molecule has 19 heavy (non-hydrogen) atoms. The van der Waals surface area contributed by atoms with Crippen molar-refractivity contribution >= 4 is 26.6 Å². The first-order valence-electron chi connectivity index (χ1n) is 5.88. The summed E-state index contributed by atoms with van der Waals surface area (Å²) in [5.41, 5.74) is 7.14. The summed E-state index contributed by atoms with van der Waals surface area (Å²) in [6.45, 7) is 0.693. The van der Waals surface area contributed by atoms with Crippen LogP contribution in [0, 0.1) is 0 Å². The Balaban J connectivity index is 2.35. The zero-order valence-electron chi connectivity index (χ0n) is 10.0. The Hall–Kier alpha value is -1.63. The average Bonchev–Trinajstić information content (AvgIpc) is 2.24. The second kappa shape index (κ2) is 4.19. The molecule has 6 heteroatoms. The third-order valence-corrected chi connectivity index (χ3v) is 4.25. The number of nitrogen functional groups attached to an aromatic ring is 1. The molecular formula is C13H13NO4S. The highest BCUT2D eigenvalue weighted by Gasteiger charge is 2.24. The van der Waals surface area contributed by atoms with Crippen molar-refractivity contribution in [1.29, 1.82) is 0 Å². The van der Waals surface area contributed by atoms with E-state index in [0.29, 0.717) is 17.7 Å². The third-order valence-electron chi connectivity index (χ3n) is 3.33. The Morgan fingerprint density at radius 3 is 2.58 bits per heavy atom. The molecule has 1 aliphatic rings. The van der Waals surface area contributed by atoms with Crippen molar-refractivity contribution in [2.45, 2.75) is 17.4 Å². The second-order valence-corrected chi connectivity index (χ2v) is 5.97. The lowest BCUT2D eigenvalue weighted by Gasteiger charge is -2.28. The number of hydrogen-bond donors (Lipinski definition) is 2. The Morgan fingerprint density at radius 2 is 2.00 bits per heavy atom. The molecule has 1 atom stereocenters. The molecule has 100 valence electrons. The fourth-order valence-electron chi connectivity index (χ4n) is 2.38. The minimum Gasteiger partial charge on any atom is -0.399 e. The molecule has 2 aromatic carbocycles. The minimum absolute atomic E-state index is 0.0531. The van der Waals surface area contributed by atoms with E-state index >= 15 is 0 Å². The van der Waals surface area contributed by atoms with Crippen LogP contribution in [0.5, 0.6) is 0 Å². The lowest BCUT2D eigenvalue weighted by molar-refractivity contribution is -0.0517. The van der Waals surface area contributed by atoms with Crippen LogP contribution < -0.4 is 5.73 Å². The molecule has 0 bridgehead atoms. The number of anilines is 1. The van der Waals surface area contributed by atoms with Gasteiger partial charge in [-0.1, -0.05) is 12.1 Å². The molecule has 3 N–H and O–H groups in total. The molecule has 5 nitrogen and oxygen atoms in total. The number of hydrogen-bond acceptors (Lipinski definition) is 4. The number of rotatable bonds is 2. The maximum atomic E-state index is 11.4. The molecule has 2 aromatic rings. The van der Waals surface area contributed by atoms with Gasteiger partial charge in [0.15, 0.2) is 0 Å². The molecular weight excluding hydrogens is 266 g/mol. The number of benzene rings is 2. The first-order chi connectivity index (χ1) is 8.97. The summed E-state index contributed by atoms with van der Waals surface area (Å²) >= 11 is 0. The molecule has 0 radical (unpaired) electrons. The van der Waals surface area contributed by atoms with Crippen molar-refractivity contribution in [3.05, 3.63) is 35.9 Å². The zero-order chi connectivity index (χ0) is 13.6. The van der Waals surface area contributed by atoms with E-state index in [-0.39, 0.29) is 11.0 Å². The quantitative estimate of drug-likeness (QED) is 0.649. The SMILES string of the molecule is Nc1cc(C2CCO2)c2cccc(S(=O)(=O)O)c2c1. The molecule has 1 heterocycles. The molecule has 0 saturated carbocycles. The normalized spacial score (nSPS) is 19.3. The van der Waals surface area contributed by atoms with Crippen molar-refractivity contribution in [3.8, 4) is 0 Å². The predicted octanol–water partition coefficient (Wildman–Crippen LogP) is 2.13. The van der Waals surface area contributed by atoms with E-state index < -0.39 is 10.1 Å². The maximum Gasteiger partial charge on any atom is 0.295 e. The largest absolute Gasteiger partial charge is 0.399 e. The van der Waals surface area contributed by atoms with Gasteiger partial charge in [-0.15, -0.1) is 0 Å². The molecule has 1 unspecified atom stereocenters. The van der Waals surface area contributed by atoms with Gasteiger partial charge in [0, 0.05) is 17.5 Å². The maximum absolute atomic E-state index is 11.4. The first-order valence-corrected chi connectivity index (χ1v) is 7.32. The van der Waals surface area contributed by atoms with E-state index in [0.717, 1.165) is 17.4 Å². The number of fused-ring (bicyclic) bond motifs is 1. The smallest absolute Gasteiger partial charge is 0.295 e. The van der Waals surface area contributed by atoms with Gasteiger partial charge in [-0.25, -0.2) is 0 Å². The summed E-state index contributed by atoms with van der Waals surface area (Å²) in [7, 11) is -4.27. The fourth-order valence-corrected chi connectivity index (χ4v) is 3.08. The Bertz CT molecular complexity index is 751. The van der Waals surface area contributed by atoms with Gasteiger partial charge < -0.3 is 10.5 Å². The average molecular weight is 279 g/mol. The van der Waals surface area contributed by atoms with E-state index in [4.69, 9.17) is 10.5 Å². The lowest BCUT2D eigenvalue weighted by atomic mass is 9.96. The van der Waals surface area contributed by atoms with Gasteiger partial charge in [-0.2, -0.15) is 8.42 Å². The van der Waals surface area contributed by atoms with Gasteiger partial charge in [0.1, 0.15) is 4.90 Å². The van der Waals surface area contributed by atoms with Crippen LogP contribution in [0.2, 0.25) is 0 Å². The molecule has 1 saturated heterocycles. The van der Waals surface area contributed by atoms with Crippen LogP contribution in [0.15, 0.2) is 35.2 Å². The zero-order valence-corrected chi connectivity index (χ0v) is 10.9. The van der Waals surface area contributed by atoms with Crippen molar-refractivity contribution in [2.75, 3.05) is 12.3 Å². The van der Waals surface area contributed by atoms with Crippen LogP contribution >= 0.6 is 0 Å². The van der Waals surface area contributed by atoms with E-state index in [2.05, 4.69) is 0 Å². The van der Waals surface area contributed by atoms with Crippen LogP contribution in [0.1, 0.15) is 18.1 Å². The van der Waals surface area contributed by atoms with Crippen LogP contribution in [-0.4, -0.2) is 19.6 Å². The van der Waals surface area contributed by atoms with E-state index in [1.54, 1.807) is 24.3 Å². The van der Waals surface area contributed by atoms with Gasteiger partial charge >= 0.3 is 0 Å². The molecule has 1 fully saturated rings. The predicted molar refractivity (Wildman–Crippen MR) is 71.5 cm³/mol. The van der Waals surface area contributed by atoms with Crippen LogP contribution in [0.25, 0.3) is 10.8 Å². The van der Waals surface area contributed by atoms with Crippen LogP contribution in [-0.2, 0) is 14.9 Å². The van der Waals surface area contributed by atoms with E-state index in [9.17, 15) is 13.0 Å². The first kappa shape index (κ1) is 12.4. The highest BCUT2D eigenvalue weighted by atomic mass is 32.2. The lowest BCUT2D eigenvalue weighted by Crippen LogP contribution is -2.18. The molecule has 0 aromatic heterocycles. The van der Waals surface area contributed by atoms with Gasteiger partial charge in [0.2, 0.25) is 0 Å². The summed E-state index contributed by atoms with van der Waals surface area (Å²) in [4.78, 5) is -0.127. The van der Waals surface area contributed by atoms with Gasteiger partial charge in [0.05, 0.1) is 12.7 Å². The number of nitrogens with two attached hydrogens (primary N) is 1. The van der Waals surface area contributed by atoms with Gasteiger partial charge in [-0.3, -0.25) is 4.55 Å². The molecule has 1 aliphatic heterocycles. The van der Waals surface area contributed by atoms with Gasteiger partial charge in [0.25, 0.3) is 10.1 Å². The Labute approximate surface area is 110 Å². The summed E-state index contributed by atoms with van der Waals surface area (Å²) in [5, 5.41) is 1.17. The van der Waals surface area contributed by atoms with E-state index in [1.807, 2.05) is 0 Å².